The second-order valence-electron chi connectivity index (χ2n) is 10.5. The van der Waals surface area contributed by atoms with E-state index in [0.717, 1.165) is 44.6 Å². The lowest BCUT2D eigenvalue weighted by atomic mass is 10.0. The molecular weight excluding hydrogens is 502 g/mol. The van der Waals surface area contributed by atoms with Crippen LogP contribution < -0.4 is 0 Å². The number of aromatic nitrogens is 3. The quantitative estimate of drug-likeness (QED) is 0.230. The summed E-state index contributed by atoms with van der Waals surface area (Å²) in [4.78, 5) is 4.73. The molecule has 0 amide bonds. The molecule has 41 heavy (non-hydrogen) atoms. The lowest BCUT2D eigenvalue weighted by Gasteiger charge is -2.14. The van der Waals surface area contributed by atoms with E-state index < -0.39 is 0 Å². The topological polar surface area (TPSA) is 35.9 Å². The van der Waals surface area contributed by atoms with Gasteiger partial charge >= 0.3 is 0 Å². The van der Waals surface area contributed by atoms with Gasteiger partial charge in [-0.05, 0) is 47.5 Å². The average Bonchev–Trinajstić information content (AvgIpc) is 3.74. The summed E-state index contributed by atoms with van der Waals surface area (Å²) >= 11 is 0. The first kappa shape index (κ1) is 22.2. The van der Waals surface area contributed by atoms with E-state index in [9.17, 15) is 0 Å². The van der Waals surface area contributed by atoms with Crippen LogP contribution in [0.2, 0.25) is 0 Å². The van der Waals surface area contributed by atoms with E-state index in [1.807, 2.05) is 6.07 Å². The molecule has 3 aromatic heterocycles. The molecule has 0 saturated carbocycles. The van der Waals surface area contributed by atoms with Gasteiger partial charge in [-0.3, -0.25) is 0 Å². The third-order valence-electron chi connectivity index (χ3n) is 8.25. The molecule has 0 unspecified atom stereocenters. The molecule has 0 aliphatic carbocycles. The number of hydrogen-bond acceptors (Lipinski definition) is 2. The average molecular weight is 526 g/mol. The summed E-state index contributed by atoms with van der Waals surface area (Å²) in [7, 11) is 0. The fourth-order valence-corrected chi connectivity index (χ4v) is 6.51. The summed E-state index contributed by atoms with van der Waals surface area (Å²) in [5.74, 6) is 0. The lowest BCUT2D eigenvalue weighted by Crippen LogP contribution is -2.00. The maximum Gasteiger partial charge on any atom is 0.182 e. The molecular formula is C37H23N3O. The zero-order chi connectivity index (χ0) is 26.9. The van der Waals surface area contributed by atoms with Gasteiger partial charge < -0.3 is 13.6 Å². The highest BCUT2D eigenvalue weighted by Gasteiger charge is 2.23. The molecule has 0 fully saturated rings. The first-order valence-electron chi connectivity index (χ1n) is 13.8. The van der Waals surface area contributed by atoms with Gasteiger partial charge in [-0.15, -0.1) is 0 Å². The Kier molecular flexibility index (Phi) is 4.58. The third-order valence-corrected chi connectivity index (χ3v) is 8.25. The standard InChI is InChI=1S/C37H23N3O/c1-3-11-24(12-4-1)25-21-33(35-34(22-25)41-23-38-35)40-32-18-10-8-16-28(32)30-20-19-29-27-15-7-9-17-31(27)39(36(29)37(30)40)26-13-5-2-6-14-26/h1-23H. The van der Waals surface area contributed by atoms with Crippen molar-refractivity contribution in [1.82, 2.24) is 14.1 Å². The van der Waals surface area contributed by atoms with Crippen molar-refractivity contribution in [2.75, 3.05) is 0 Å². The van der Waals surface area contributed by atoms with Gasteiger partial charge in [-0.1, -0.05) is 97.1 Å². The highest BCUT2D eigenvalue weighted by molar-refractivity contribution is 6.24. The molecule has 0 N–H and O–H groups in total. The lowest BCUT2D eigenvalue weighted by molar-refractivity contribution is 0.602. The summed E-state index contributed by atoms with van der Waals surface area (Å²) in [6, 6.07) is 47.4. The van der Waals surface area contributed by atoms with Crippen molar-refractivity contribution in [3.05, 3.63) is 140 Å². The Bertz CT molecular complexity index is 2410. The molecule has 9 rings (SSSR count). The van der Waals surface area contributed by atoms with Crippen LogP contribution in [0.5, 0.6) is 0 Å². The maximum atomic E-state index is 5.94. The predicted molar refractivity (Wildman–Crippen MR) is 168 cm³/mol. The zero-order valence-electron chi connectivity index (χ0n) is 22.0. The van der Waals surface area contributed by atoms with Crippen LogP contribution in [0.4, 0.5) is 0 Å². The monoisotopic (exact) mass is 525 g/mol. The Balaban J connectivity index is 1.53. The normalized spacial score (nSPS) is 11.9. The van der Waals surface area contributed by atoms with Gasteiger partial charge in [0, 0.05) is 27.2 Å². The zero-order valence-corrected chi connectivity index (χ0v) is 22.0. The van der Waals surface area contributed by atoms with Crippen LogP contribution in [0, 0.1) is 0 Å². The van der Waals surface area contributed by atoms with Crippen molar-refractivity contribution in [1.29, 1.82) is 0 Å². The SMILES string of the molecule is c1ccc(-c2cc(-n3c4ccccc4c4ccc5c6ccccc6n(-c6ccccc6)c5c43)c3ncoc3c2)cc1. The van der Waals surface area contributed by atoms with E-state index in [0.29, 0.717) is 0 Å². The van der Waals surface area contributed by atoms with Crippen molar-refractivity contribution < 1.29 is 4.42 Å². The summed E-state index contributed by atoms with van der Waals surface area (Å²) in [6.45, 7) is 0. The molecule has 192 valence electrons. The Morgan fingerprint density at radius 1 is 0.488 bits per heavy atom. The fourth-order valence-electron chi connectivity index (χ4n) is 6.51. The molecule has 4 heteroatoms. The predicted octanol–water partition coefficient (Wildman–Crippen LogP) is 9.69. The number of hydrogen-bond donors (Lipinski definition) is 0. The molecule has 3 heterocycles. The van der Waals surface area contributed by atoms with Gasteiger partial charge in [-0.25, -0.2) is 4.98 Å². The third kappa shape index (κ3) is 3.13. The molecule has 0 saturated heterocycles. The Labute approximate surface area is 235 Å². The number of oxazole rings is 1. The summed E-state index contributed by atoms with van der Waals surface area (Å²) in [6.07, 6.45) is 1.55. The minimum atomic E-state index is 0.767. The molecule has 9 aromatic rings. The highest BCUT2D eigenvalue weighted by Crippen LogP contribution is 2.43. The Morgan fingerprint density at radius 2 is 1.07 bits per heavy atom. The van der Waals surface area contributed by atoms with Crippen molar-refractivity contribution in [3.8, 4) is 22.5 Å². The van der Waals surface area contributed by atoms with Crippen LogP contribution in [-0.4, -0.2) is 14.1 Å². The van der Waals surface area contributed by atoms with Crippen LogP contribution in [-0.2, 0) is 0 Å². The number of rotatable bonds is 3. The molecule has 0 aliphatic heterocycles. The van der Waals surface area contributed by atoms with Gasteiger partial charge in [0.15, 0.2) is 12.0 Å². The number of nitrogens with zero attached hydrogens (tertiary/aromatic N) is 3. The first-order valence-corrected chi connectivity index (χ1v) is 13.8. The Morgan fingerprint density at radius 3 is 1.78 bits per heavy atom. The minimum absolute atomic E-state index is 0.767. The van der Waals surface area contributed by atoms with Gasteiger partial charge in [0.1, 0.15) is 5.52 Å². The largest absolute Gasteiger partial charge is 0.443 e. The van der Waals surface area contributed by atoms with Crippen molar-refractivity contribution in [2.45, 2.75) is 0 Å². The summed E-state index contributed by atoms with van der Waals surface area (Å²) in [5, 5.41) is 4.86. The summed E-state index contributed by atoms with van der Waals surface area (Å²) in [5.41, 5.74) is 10.6. The van der Waals surface area contributed by atoms with Crippen molar-refractivity contribution in [3.63, 3.8) is 0 Å². The fraction of sp³-hybridized carbons (Fsp3) is 0. The molecule has 0 atom stereocenters. The second kappa shape index (κ2) is 8.44. The van der Waals surface area contributed by atoms with E-state index >= 15 is 0 Å². The van der Waals surface area contributed by atoms with E-state index in [-0.39, 0.29) is 0 Å². The second-order valence-corrected chi connectivity index (χ2v) is 10.5. The van der Waals surface area contributed by atoms with Gasteiger partial charge in [0.2, 0.25) is 0 Å². The number of benzene rings is 6. The van der Waals surface area contributed by atoms with E-state index in [1.54, 1.807) is 6.39 Å². The highest BCUT2D eigenvalue weighted by atomic mass is 16.3. The van der Waals surface area contributed by atoms with Gasteiger partial charge in [0.25, 0.3) is 0 Å². The van der Waals surface area contributed by atoms with Crippen molar-refractivity contribution in [2.24, 2.45) is 0 Å². The van der Waals surface area contributed by atoms with Gasteiger partial charge in [0.05, 0.1) is 27.8 Å². The summed E-state index contributed by atoms with van der Waals surface area (Å²) < 4.78 is 10.7. The minimum Gasteiger partial charge on any atom is -0.443 e. The van der Waals surface area contributed by atoms with Crippen LogP contribution >= 0.6 is 0 Å². The van der Waals surface area contributed by atoms with Crippen LogP contribution in [0.15, 0.2) is 144 Å². The number of fused-ring (bicyclic) bond motifs is 8. The van der Waals surface area contributed by atoms with Crippen LogP contribution in [0.1, 0.15) is 0 Å². The van der Waals surface area contributed by atoms with E-state index in [1.165, 1.54) is 32.6 Å². The molecule has 0 aliphatic rings. The van der Waals surface area contributed by atoms with Crippen LogP contribution in [0.25, 0.3) is 77.2 Å². The van der Waals surface area contributed by atoms with E-state index in [4.69, 9.17) is 9.40 Å². The van der Waals surface area contributed by atoms with Crippen LogP contribution in [0.3, 0.4) is 0 Å². The van der Waals surface area contributed by atoms with Gasteiger partial charge in [-0.2, -0.15) is 0 Å². The molecule has 0 spiro atoms. The van der Waals surface area contributed by atoms with Crippen molar-refractivity contribution >= 4 is 54.7 Å². The molecule has 4 nitrogen and oxygen atoms in total. The molecule has 0 radical (unpaired) electrons. The Hall–Kier alpha value is -5.61. The first-order chi connectivity index (χ1) is 20.4. The number of para-hydroxylation sites is 3. The smallest absolute Gasteiger partial charge is 0.182 e. The van der Waals surface area contributed by atoms with E-state index in [2.05, 4.69) is 137 Å². The molecule has 6 aromatic carbocycles. The maximum absolute atomic E-state index is 5.94. The molecule has 0 bridgehead atoms.